The minimum absolute atomic E-state index is 0.0273. The van der Waals surface area contributed by atoms with Crippen LogP contribution in [0, 0.1) is 17.0 Å². The second-order valence-corrected chi connectivity index (χ2v) is 4.08. The number of non-ortho nitro benzene ring substituents is 1. The van der Waals surface area contributed by atoms with Crippen molar-refractivity contribution in [1.82, 2.24) is 19.7 Å². The Labute approximate surface area is 107 Å². The smallest absolute Gasteiger partial charge is 0.258 e. The van der Waals surface area contributed by atoms with Gasteiger partial charge in [0.05, 0.1) is 16.1 Å². The Balaban J connectivity index is 2.35. The van der Waals surface area contributed by atoms with Crippen molar-refractivity contribution >= 4 is 16.6 Å². The molecule has 0 amide bonds. The van der Waals surface area contributed by atoms with Gasteiger partial charge in [-0.25, -0.2) is 9.67 Å². The molecule has 3 rings (SSSR count). The van der Waals surface area contributed by atoms with E-state index in [2.05, 4.69) is 15.1 Å². The number of benzene rings is 1. The quantitative estimate of drug-likeness (QED) is 0.516. The average molecular weight is 255 g/mol. The lowest BCUT2D eigenvalue weighted by Gasteiger charge is -2.07. The summed E-state index contributed by atoms with van der Waals surface area (Å²) in [5.41, 5.74) is 2.26. The van der Waals surface area contributed by atoms with Crippen LogP contribution in [0.1, 0.15) is 5.69 Å². The third-order valence-corrected chi connectivity index (χ3v) is 2.77. The molecule has 7 nitrogen and oxygen atoms in total. The number of nitro groups is 1. The lowest BCUT2D eigenvalue weighted by Crippen LogP contribution is -1.99. The molecule has 0 unspecified atom stereocenters. The summed E-state index contributed by atoms with van der Waals surface area (Å²) in [6, 6.07) is 6.40. The van der Waals surface area contributed by atoms with Gasteiger partial charge in [-0.3, -0.25) is 15.1 Å². The van der Waals surface area contributed by atoms with Crippen LogP contribution in [0.2, 0.25) is 0 Å². The van der Waals surface area contributed by atoms with Crippen LogP contribution < -0.4 is 0 Å². The SMILES string of the molecule is Cc1cc(-n2cncn2)c2cc([N+](=O)[O-])ccc2n1. The van der Waals surface area contributed by atoms with Gasteiger partial charge in [-0.15, -0.1) is 0 Å². The zero-order valence-electron chi connectivity index (χ0n) is 10.0. The molecule has 0 aliphatic heterocycles. The Morgan fingerprint density at radius 1 is 1.32 bits per heavy atom. The number of aryl methyl sites for hydroxylation is 1. The lowest BCUT2D eigenvalue weighted by molar-refractivity contribution is -0.384. The van der Waals surface area contributed by atoms with Gasteiger partial charge >= 0.3 is 0 Å². The molecule has 94 valence electrons. The maximum absolute atomic E-state index is 10.9. The molecule has 0 N–H and O–H groups in total. The van der Waals surface area contributed by atoms with E-state index in [1.165, 1.54) is 18.5 Å². The van der Waals surface area contributed by atoms with E-state index in [-0.39, 0.29) is 5.69 Å². The number of aromatic nitrogens is 4. The summed E-state index contributed by atoms with van der Waals surface area (Å²) in [4.78, 5) is 18.7. The molecular formula is C12H9N5O2. The van der Waals surface area contributed by atoms with Gasteiger partial charge in [-0.05, 0) is 19.1 Å². The third-order valence-electron chi connectivity index (χ3n) is 2.77. The Bertz CT molecular complexity index is 767. The largest absolute Gasteiger partial charge is 0.270 e. The van der Waals surface area contributed by atoms with E-state index in [4.69, 9.17) is 0 Å². The normalized spacial score (nSPS) is 10.8. The highest BCUT2D eigenvalue weighted by Gasteiger charge is 2.12. The first-order chi connectivity index (χ1) is 9.15. The van der Waals surface area contributed by atoms with Gasteiger partial charge in [-0.2, -0.15) is 5.10 Å². The fourth-order valence-electron chi connectivity index (χ4n) is 1.96. The van der Waals surface area contributed by atoms with Gasteiger partial charge in [0.25, 0.3) is 5.69 Å². The molecule has 0 aliphatic rings. The van der Waals surface area contributed by atoms with Crippen LogP contribution in [0.4, 0.5) is 5.69 Å². The Hall–Kier alpha value is -2.83. The van der Waals surface area contributed by atoms with E-state index in [0.29, 0.717) is 10.9 Å². The molecule has 0 fully saturated rings. The second-order valence-electron chi connectivity index (χ2n) is 4.08. The monoisotopic (exact) mass is 255 g/mol. The molecule has 0 atom stereocenters. The van der Waals surface area contributed by atoms with E-state index in [1.807, 2.05) is 13.0 Å². The van der Waals surface area contributed by atoms with Gasteiger partial charge in [0.15, 0.2) is 0 Å². The first-order valence-corrected chi connectivity index (χ1v) is 5.56. The molecule has 0 saturated heterocycles. The number of rotatable bonds is 2. The molecule has 2 aromatic heterocycles. The van der Waals surface area contributed by atoms with Gasteiger partial charge in [0.1, 0.15) is 12.7 Å². The maximum Gasteiger partial charge on any atom is 0.270 e. The minimum atomic E-state index is -0.426. The number of nitrogens with zero attached hydrogens (tertiary/aromatic N) is 5. The summed E-state index contributed by atoms with van der Waals surface area (Å²) >= 11 is 0. The topological polar surface area (TPSA) is 86.7 Å². The van der Waals surface area contributed by atoms with Crippen LogP contribution in [0.5, 0.6) is 0 Å². The molecular weight excluding hydrogens is 246 g/mol. The van der Waals surface area contributed by atoms with Crippen LogP contribution in [-0.4, -0.2) is 24.7 Å². The van der Waals surface area contributed by atoms with E-state index in [1.54, 1.807) is 17.1 Å². The van der Waals surface area contributed by atoms with E-state index < -0.39 is 4.92 Å². The molecule has 0 spiro atoms. The number of pyridine rings is 1. The first-order valence-electron chi connectivity index (χ1n) is 5.56. The number of hydrogen-bond donors (Lipinski definition) is 0. The predicted molar refractivity (Wildman–Crippen MR) is 68.1 cm³/mol. The molecule has 3 aromatic rings. The van der Waals surface area contributed by atoms with Gasteiger partial charge in [-0.1, -0.05) is 0 Å². The Morgan fingerprint density at radius 2 is 2.16 bits per heavy atom. The number of nitro benzene ring substituents is 1. The molecule has 0 saturated carbocycles. The fourth-order valence-corrected chi connectivity index (χ4v) is 1.96. The molecule has 19 heavy (non-hydrogen) atoms. The van der Waals surface area contributed by atoms with Crippen LogP contribution in [0.15, 0.2) is 36.9 Å². The predicted octanol–water partition coefficient (Wildman–Crippen LogP) is 2.03. The molecule has 7 heteroatoms. The Kier molecular flexibility index (Phi) is 2.45. The highest BCUT2D eigenvalue weighted by atomic mass is 16.6. The molecule has 1 aromatic carbocycles. The number of hydrogen-bond acceptors (Lipinski definition) is 5. The average Bonchev–Trinajstić information content (AvgIpc) is 2.90. The van der Waals surface area contributed by atoms with Crippen molar-refractivity contribution in [2.75, 3.05) is 0 Å². The van der Waals surface area contributed by atoms with Crippen LogP contribution in [0.25, 0.3) is 16.6 Å². The van der Waals surface area contributed by atoms with Crippen molar-refractivity contribution in [3.63, 3.8) is 0 Å². The van der Waals surface area contributed by atoms with Crippen molar-refractivity contribution in [1.29, 1.82) is 0 Å². The highest BCUT2D eigenvalue weighted by Crippen LogP contribution is 2.25. The fraction of sp³-hybridized carbons (Fsp3) is 0.0833. The van der Waals surface area contributed by atoms with Crippen molar-refractivity contribution in [3.05, 3.63) is 52.7 Å². The van der Waals surface area contributed by atoms with Crippen molar-refractivity contribution in [2.24, 2.45) is 0 Å². The summed E-state index contributed by atoms with van der Waals surface area (Å²) in [6.07, 6.45) is 2.96. The van der Waals surface area contributed by atoms with E-state index >= 15 is 0 Å². The van der Waals surface area contributed by atoms with Crippen molar-refractivity contribution in [2.45, 2.75) is 6.92 Å². The summed E-state index contributed by atoms with van der Waals surface area (Å²) in [5, 5.41) is 15.6. The van der Waals surface area contributed by atoms with Gasteiger partial charge in [0, 0.05) is 23.2 Å². The molecule has 0 radical (unpaired) electrons. The van der Waals surface area contributed by atoms with E-state index in [9.17, 15) is 10.1 Å². The summed E-state index contributed by atoms with van der Waals surface area (Å²) in [5.74, 6) is 0. The van der Waals surface area contributed by atoms with Crippen LogP contribution in [0.3, 0.4) is 0 Å². The van der Waals surface area contributed by atoms with Crippen molar-refractivity contribution < 1.29 is 4.92 Å². The highest BCUT2D eigenvalue weighted by molar-refractivity contribution is 5.89. The first kappa shape index (κ1) is 11.3. The second kappa shape index (κ2) is 4.13. The van der Waals surface area contributed by atoms with Gasteiger partial charge < -0.3 is 0 Å². The maximum atomic E-state index is 10.9. The standard InChI is InChI=1S/C12H9N5O2/c1-8-4-12(16-7-13-6-14-16)10-5-9(17(18)19)2-3-11(10)15-8/h2-7H,1H3. The summed E-state index contributed by atoms with van der Waals surface area (Å²) in [7, 11) is 0. The zero-order valence-corrected chi connectivity index (χ0v) is 10.0. The van der Waals surface area contributed by atoms with Crippen LogP contribution in [-0.2, 0) is 0 Å². The number of fused-ring (bicyclic) bond motifs is 1. The van der Waals surface area contributed by atoms with Crippen LogP contribution >= 0.6 is 0 Å². The molecule has 0 bridgehead atoms. The third kappa shape index (κ3) is 1.90. The Morgan fingerprint density at radius 3 is 2.84 bits per heavy atom. The summed E-state index contributed by atoms with van der Waals surface area (Å²) < 4.78 is 1.57. The molecule has 2 heterocycles. The van der Waals surface area contributed by atoms with Gasteiger partial charge in [0.2, 0.25) is 0 Å². The zero-order chi connectivity index (χ0) is 13.4. The lowest BCUT2D eigenvalue weighted by atomic mass is 10.1. The van der Waals surface area contributed by atoms with Crippen molar-refractivity contribution in [3.8, 4) is 5.69 Å². The summed E-state index contributed by atoms with van der Waals surface area (Å²) in [6.45, 7) is 1.86. The minimum Gasteiger partial charge on any atom is -0.258 e. The molecule has 0 aliphatic carbocycles. The van der Waals surface area contributed by atoms with E-state index in [0.717, 1.165) is 11.4 Å².